The van der Waals surface area contributed by atoms with Gasteiger partial charge in [-0.2, -0.15) is 0 Å². The molecule has 2 N–H and O–H groups in total. The lowest BCUT2D eigenvalue weighted by Gasteiger charge is -2.21. The van der Waals surface area contributed by atoms with E-state index in [9.17, 15) is 4.39 Å². The smallest absolute Gasteiger partial charge is 0.123 e. The van der Waals surface area contributed by atoms with Gasteiger partial charge in [0.15, 0.2) is 0 Å². The topological polar surface area (TPSA) is 26.0 Å². The summed E-state index contributed by atoms with van der Waals surface area (Å²) in [5.41, 5.74) is 8.07. The average Bonchev–Trinajstić information content (AvgIpc) is 2.07. The summed E-state index contributed by atoms with van der Waals surface area (Å²) in [5, 5.41) is 0. The van der Waals surface area contributed by atoms with Gasteiger partial charge in [0, 0.05) is 6.04 Å². The zero-order valence-corrected chi connectivity index (χ0v) is 6.89. The third kappa shape index (κ3) is 1.23. The van der Waals surface area contributed by atoms with Crippen LogP contribution in [0.25, 0.3) is 0 Å². The highest BCUT2D eigenvalue weighted by Crippen LogP contribution is 2.27. The number of nitrogens with two attached hydrogens (primary N) is 1. The van der Waals surface area contributed by atoms with Gasteiger partial charge in [-0.05, 0) is 42.5 Å². The molecule has 0 bridgehead atoms. The van der Waals surface area contributed by atoms with E-state index in [2.05, 4.69) is 0 Å². The summed E-state index contributed by atoms with van der Waals surface area (Å²) < 4.78 is 12.8. The molecule has 12 heavy (non-hydrogen) atoms. The molecule has 0 aromatic heterocycles. The molecule has 0 aliphatic heterocycles. The molecule has 1 nitrogen and oxygen atoms in total. The molecule has 1 aromatic carbocycles. The Hall–Kier alpha value is -0.890. The van der Waals surface area contributed by atoms with Crippen LogP contribution in [0.5, 0.6) is 0 Å². The first-order valence-corrected chi connectivity index (χ1v) is 4.31. The van der Waals surface area contributed by atoms with Crippen molar-refractivity contribution in [1.29, 1.82) is 0 Å². The number of benzene rings is 1. The van der Waals surface area contributed by atoms with Crippen molar-refractivity contribution in [3.8, 4) is 0 Å². The highest BCUT2D eigenvalue weighted by molar-refractivity contribution is 5.32. The van der Waals surface area contributed by atoms with Gasteiger partial charge in [-0.3, -0.25) is 0 Å². The number of fused-ring (bicyclic) bond motifs is 1. The van der Waals surface area contributed by atoms with E-state index in [0.717, 1.165) is 24.8 Å². The van der Waals surface area contributed by atoms with Gasteiger partial charge >= 0.3 is 0 Å². The van der Waals surface area contributed by atoms with E-state index in [1.807, 2.05) is 6.07 Å². The number of hydrogen-bond acceptors (Lipinski definition) is 1. The van der Waals surface area contributed by atoms with E-state index in [0.29, 0.717) is 0 Å². The third-order valence-corrected chi connectivity index (χ3v) is 2.47. The fraction of sp³-hybridized carbons (Fsp3) is 0.400. The summed E-state index contributed by atoms with van der Waals surface area (Å²) >= 11 is 0. The molecule has 2 heteroatoms. The molecule has 1 aromatic rings. The van der Waals surface area contributed by atoms with Gasteiger partial charge in [0.1, 0.15) is 5.82 Å². The Morgan fingerprint density at radius 2 is 2.25 bits per heavy atom. The average molecular weight is 165 g/mol. The Labute approximate surface area is 71.4 Å². The first-order valence-electron chi connectivity index (χ1n) is 4.31. The zero-order chi connectivity index (χ0) is 8.55. The van der Waals surface area contributed by atoms with E-state index >= 15 is 0 Å². The molecule has 1 atom stereocenters. The highest BCUT2D eigenvalue weighted by Gasteiger charge is 2.16. The van der Waals surface area contributed by atoms with Crippen LogP contribution in [0.3, 0.4) is 0 Å². The first-order chi connectivity index (χ1) is 5.77. The van der Waals surface area contributed by atoms with Crippen LogP contribution in [-0.2, 0) is 6.42 Å². The quantitative estimate of drug-likeness (QED) is 0.626. The highest BCUT2D eigenvalue weighted by atomic mass is 19.1. The van der Waals surface area contributed by atoms with E-state index < -0.39 is 0 Å². The van der Waals surface area contributed by atoms with Crippen molar-refractivity contribution in [2.24, 2.45) is 5.73 Å². The third-order valence-electron chi connectivity index (χ3n) is 2.47. The molecule has 0 fully saturated rings. The number of halogens is 1. The van der Waals surface area contributed by atoms with Crippen molar-refractivity contribution in [2.45, 2.75) is 25.3 Å². The predicted molar refractivity (Wildman–Crippen MR) is 46.3 cm³/mol. The van der Waals surface area contributed by atoms with Gasteiger partial charge in [0.25, 0.3) is 0 Å². The molecular formula is C10H12FN. The molecule has 0 radical (unpaired) electrons. The molecule has 0 spiro atoms. The second-order valence-electron chi connectivity index (χ2n) is 3.34. The van der Waals surface area contributed by atoms with Crippen LogP contribution in [0.15, 0.2) is 18.2 Å². The van der Waals surface area contributed by atoms with Gasteiger partial charge in [-0.15, -0.1) is 0 Å². The van der Waals surface area contributed by atoms with E-state index in [1.165, 1.54) is 11.6 Å². The van der Waals surface area contributed by atoms with Crippen LogP contribution in [0.4, 0.5) is 4.39 Å². The summed E-state index contributed by atoms with van der Waals surface area (Å²) in [6.45, 7) is 0. The van der Waals surface area contributed by atoms with E-state index in [4.69, 9.17) is 5.73 Å². The van der Waals surface area contributed by atoms with Crippen molar-refractivity contribution >= 4 is 0 Å². The number of hydrogen-bond donors (Lipinski definition) is 1. The van der Waals surface area contributed by atoms with Crippen LogP contribution in [0.2, 0.25) is 0 Å². The number of rotatable bonds is 0. The van der Waals surface area contributed by atoms with Crippen molar-refractivity contribution in [3.63, 3.8) is 0 Å². The Bertz CT molecular complexity index is 296. The molecule has 1 aliphatic rings. The Morgan fingerprint density at radius 3 is 3.08 bits per heavy atom. The lowest BCUT2D eigenvalue weighted by Crippen LogP contribution is -2.17. The van der Waals surface area contributed by atoms with Crippen LogP contribution in [0.1, 0.15) is 30.0 Å². The Morgan fingerprint density at radius 1 is 1.42 bits per heavy atom. The van der Waals surface area contributed by atoms with Gasteiger partial charge in [-0.1, -0.05) is 6.07 Å². The van der Waals surface area contributed by atoms with Crippen molar-refractivity contribution in [1.82, 2.24) is 0 Å². The molecule has 0 unspecified atom stereocenters. The van der Waals surface area contributed by atoms with Crippen molar-refractivity contribution < 1.29 is 4.39 Å². The maximum atomic E-state index is 12.8. The minimum atomic E-state index is -0.175. The van der Waals surface area contributed by atoms with Crippen LogP contribution in [0, 0.1) is 5.82 Å². The predicted octanol–water partition coefficient (Wildman–Crippen LogP) is 2.16. The molecule has 2 rings (SSSR count). The summed E-state index contributed by atoms with van der Waals surface area (Å²) in [7, 11) is 0. The fourth-order valence-corrected chi connectivity index (χ4v) is 1.81. The molecule has 0 saturated heterocycles. The van der Waals surface area contributed by atoms with Crippen LogP contribution >= 0.6 is 0 Å². The van der Waals surface area contributed by atoms with Gasteiger partial charge in [0.2, 0.25) is 0 Å². The molecular weight excluding hydrogens is 153 g/mol. The molecule has 1 aliphatic carbocycles. The summed E-state index contributed by atoms with van der Waals surface area (Å²) in [4.78, 5) is 0. The molecule has 64 valence electrons. The summed E-state index contributed by atoms with van der Waals surface area (Å²) in [6.07, 6.45) is 3.15. The molecule has 0 amide bonds. The van der Waals surface area contributed by atoms with Gasteiger partial charge in [-0.25, -0.2) is 4.39 Å². The van der Waals surface area contributed by atoms with E-state index in [1.54, 1.807) is 6.07 Å². The molecule has 0 heterocycles. The Kier molecular flexibility index (Phi) is 1.85. The first kappa shape index (κ1) is 7.74. The largest absolute Gasteiger partial charge is 0.324 e. The number of aryl methyl sites for hydroxylation is 1. The normalized spacial score (nSPS) is 22.0. The fourth-order valence-electron chi connectivity index (χ4n) is 1.81. The van der Waals surface area contributed by atoms with Crippen LogP contribution < -0.4 is 5.73 Å². The maximum absolute atomic E-state index is 12.8. The minimum absolute atomic E-state index is 0.0458. The standard InChI is InChI=1S/C10H12FN/c11-8-5-4-7-2-1-3-10(12)9(7)6-8/h4-6,10H,1-3,12H2/t10-/m0/s1. The van der Waals surface area contributed by atoms with Gasteiger partial charge in [0.05, 0.1) is 0 Å². The van der Waals surface area contributed by atoms with E-state index in [-0.39, 0.29) is 11.9 Å². The minimum Gasteiger partial charge on any atom is -0.324 e. The maximum Gasteiger partial charge on any atom is 0.123 e. The van der Waals surface area contributed by atoms with Crippen molar-refractivity contribution in [2.75, 3.05) is 0 Å². The second kappa shape index (κ2) is 2.87. The van der Waals surface area contributed by atoms with Crippen LogP contribution in [-0.4, -0.2) is 0 Å². The summed E-state index contributed by atoms with van der Waals surface area (Å²) in [6, 6.07) is 4.98. The molecule has 0 saturated carbocycles. The summed E-state index contributed by atoms with van der Waals surface area (Å²) in [5.74, 6) is -0.175. The Balaban J connectivity index is 2.47. The van der Waals surface area contributed by atoms with Gasteiger partial charge < -0.3 is 5.73 Å². The zero-order valence-electron chi connectivity index (χ0n) is 6.89. The lowest BCUT2D eigenvalue weighted by atomic mass is 9.88. The monoisotopic (exact) mass is 165 g/mol. The lowest BCUT2D eigenvalue weighted by molar-refractivity contribution is 0.557. The second-order valence-corrected chi connectivity index (χ2v) is 3.34. The SMILES string of the molecule is N[C@H]1CCCc2ccc(F)cc21. The van der Waals surface area contributed by atoms with Crippen molar-refractivity contribution in [3.05, 3.63) is 35.1 Å².